The molecule has 1 aliphatic carbocycles. The van der Waals surface area contributed by atoms with Crippen LogP contribution in [0, 0.1) is 5.92 Å². The maximum absolute atomic E-state index is 5.91. The van der Waals surface area contributed by atoms with Gasteiger partial charge >= 0.3 is 0 Å². The van der Waals surface area contributed by atoms with Crippen molar-refractivity contribution in [3.8, 4) is 0 Å². The van der Waals surface area contributed by atoms with Gasteiger partial charge in [-0.3, -0.25) is 0 Å². The zero-order valence-corrected chi connectivity index (χ0v) is 10.6. The second kappa shape index (κ2) is 6.58. The summed E-state index contributed by atoms with van der Waals surface area (Å²) in [6.07, 6.45) is 7.22. The number of piperidine rings is 1. The highest BCUT2D eigenvalue weighted by Gasteiger charge is 2.19. The second-order valence-corrected chi connectivity index (χ2v) is 5.38. The van der Waals surface area contributed by atoms with Gasteiger partial charge in [0.1, 0.15) is 0 Å². The molecule has 1 saturated carbocycles. The highest BCUT2D eigenvalue weighted by Crippen LogP contribution is 2.26. The van der Waals surface area contributed by atoms with Crippen LogP contribution in [0.5, 0.6) is 0 Å². The standard InChI is InChI=1S/C13H26N2O/c1-15(11-12-3-2-4-12)9-10-16-13-5-7-14-8-6-13/h12-14H,2-11H2,1H3. The van der Waals surface area contributed by atoms with E-state index in [2.05, 4.69) is 17.3 Å². The van der Waals surface area contributed by atoms with Gasteiger partial charge in [-0.15, -0.1) is 0 Å². The largest absolute Gasteiger partial charge is 0.377 e. The number of hydrogen-bond acceptors (Lipinski definition) is 3. The van der Waals surface area contributed by atoms with E-state index in [-0.39, 0.29) is 0 Å². The zero-order valence-electron chi connectivity index (χ0n) is 10.6. The minimum atomic E-state index is 0.512. The maximum Gasteiger partial charge on any atom is 0.0600 e. The van der Waals surface area contributed by atoms with Crippen molar-refractivity contribution in [2.75, 3.05) is 39.8 Å². The van der Waals surface area contributed by atoms with Crippen molar-refractivity contribution in [2.24, 2.45) is 5.92 Å². The second-order valence-electron chi connectivity index (χ2n) is 5.38. The molecule has 0 atom stereocenters. The summed E-state index contributed by atoms with van der Waals surface area (Å²) in [6.45, 7) is 5.54. The molecule has 3 nitrogen and oxygen atoms in total. The molecule has 0 aromatic rings. The van der Waals surface area contributed by atoms with Gasteiger partial charge in [-0.05, 0) is 51.7 Å². The van der Waals surface area contributed by atoms with Crippen LogP contribution in [0.2, 0.25) is 0 Å². The SMILES string of the molecule is CN(CCOC1CCNCC1)CC1CCC1. The average Bonchev–Trinajstić information content (AvgIpc) is 2.25. The van der Waals surface area contributed by atoms with Gasteiger partial charge in [0, 0.05) is 13.1 Å². The minimum Gasteiger partial charge on any atom is -0.377 e. The minimum absolute atomic E-state index is 0.512. The Morgan fingerprint density at radius 3 is 2.56 bits per heavy atom. The van der Waals surface area contributed by atoms with Crippen LogP contribution in [0.25, 0.3) is 0 Å². The van der Waals surface area contributed by atoms with Gasteiger partial charge in [0.15, 0.2) is 0 Å². The molecule has 0 aromatic carbocycles. The molecule has 2 fully saturated rings. The van der Waals surface area contributed by atoms with Gasteiger partial charge in [0.25, 0.3) is 0 Å². The molecular formula is C13H26N2O. The molecule has 0 unspecified atom stereocenters. The molecule has 94 valence electrons. The first-order chi connectivity index (χ1) is 7.84. The number of nitrogens with one attached hydrogen (secondary N) is 1. The first kappa shape index (κ1) is 12.3. The van der Waals surface area contributed by atoms with Crippen LogP contribution in [0.15, 0.2) is 0 Å². The van der Waals surface area contributed by atoms with Crippen LogP contribution in [-0.2, 0) is 4.74 Å². The summed E-state index contributed by atoms with van der Waals surface area (Å²) >= 11 is 0. The lowest BCUT2D eigenvalue weighted by atomic mass is 9.85. The number of nitrogens with zero attached hydrogens (tertiary/aromatic N) is 1. The predicted molar refractivity (Wildman–Crippen MR) is 66.7 cm³/mol. The lowest BCUT2D eigenvalue weighted by Gasteiger charge is -2.30. The topological polar surface area (TPSA) is 24.5 Å². The third kappa shape index (κ3) is 4.04. The quantitative estimate of drug-likeness (QED) is 0.742. The summed E-state index contributed by atoms with van der Waals surface area (Å²) in [6, 6.07) is 0. The number of ether oxygens (including phenoxy) is 1. The van der Waals surface area contributed by atoms with Crippen molar-refractivity contribution in [2.45, 2.75) is 38.2 Å². The fraction of sp³-hybridized carbons (Fsp3) is 1.00. The third-order valence-corrected chi connectivity index (χ3v) is 3.91. The molecule has 2 aliphatic rings. The van der Waals surface area contributed by atoms with E-state index in [1.165, 1.54) is 38.6 Å². The Kier molecular flexibility index (Phi) is 5.07. The van der Waals surface area contributed by atoms with Crippen LogP contribution in [0.4, 0.5) is 0 Å². The van der Waals surface area contributed by atoms with Crippen LogP contribution in [0.3, 0.4) is 0 Å². The van der Waals surface area contributed by atoms with Gasteiger partial charge in [-0.25, -0.2) is 0 Å². The molecule has 16 heavy (non-hydrogen) atoms. The van der Waals surface area contributed by atoms with Crippen LogP contribution in [0.1, 0.15) is 32.1 Å². The first-order valence-corrected chi connectivity index (χ1v) is 6.85. The fourth-order valence-electron chi connectivity index (χ4n) is 2.54. The highest BCUT2D eigenvalue weighted by molar-refractivity contribution is 4.73. The summed E-state index contributed by atoms with van der Waals surface area (Å²) < 4.78 is 5.91. The molecule has 0 radical (unpaired) electrons. The van der Waals surface area contributed by atoms with E-state index < -0.39 is 0 Å². The number of rotatable bonds is 6. The van der Waals surface area contributed by atoms with E-state index >= 15 is 0 Å². The molecule has 0 amide bonds. The van der Waals surface area contributed by atoms with Gasteiger partial charge in [-0.2, -0.15) is 0 Å². The monoisotopic (exact) mass is 226 g/mol. The smallest absolute Gasteiger partial charge is 0.0600 e. The summed E-state index contributed by atoms with van der Waals surface area (Å²) in [5, 5.41) is 3.36. The summed E-state index contributed by atoms with van der Waals surface area (Å²) in [5.74, 6) is 0.976. The Morgan fingerprint density at radius 1 is 1.19 bits per heavy atom. The Morgan fingerprint density at radius 2 is 1.94 bits per heavy atom. The van der Waals surface area contributed by atoms with Gasteiger partial charge in [0.05, 0.1) is 12.7 Å². The molecule has 1 saturated heterocycles. The van der Waals surface area contributed by atoms with E-state index in [0.29, 0.717) is 6.10 Å². The molecule has 2 rings (SSSR count). The Hall–Kier alpha value is -0.120. The Balaban J connectivity index is 1.49. The molecule has 0 bridgehead atoms. The highest BCUT2D eigenvalue weighted by atomic mass is 16.5. The molecule has 1 aliphatic heterocycles. The van der Waals surface area contributed by atoms with Crippen molar-refractivity contribution in [1.29, 1.82) is 0 Å². The molecule has 1 N–H and O–H groups in total. The Labute approximate surface area is 99.5 Å². The van der Waals surface area contributed by atoms with E-state index in [1.54, 1.807) is 0 Å². The van der Waals surface area contributed by atoms with Crippen molar-refractivity contribution in [3.63, 3.8) is 0 Å². The van der Waals surface area contributed by atoms with Gasteiger partial charge < -0.3 is 15.0 Å². The predicted octanol–water partition coefficient (Wildman–Crippen LogP) is 1.49. The number of hydrogen-bond donors (Lipinski definition) is 1. The van der Waals surface area contributed by atoms with E-state index in [0.717, 1.165) is 32.2 Å². The molecule has 0 aromatic heterocycles. The van der Waals surface area contributed by atoms with Crippen molar-refractivity contribution >= 4 is 0 Å². The van der Waals surface area contributed by atoms with Crippen LogP contribution >= 0.6 is 0 Å². The summed E-state index contributed by atoms with van der Waals surface area (Å²) in [4.78, 5) is 2.44. The molecule has 1 heterocycles. The summed E-state index contributed by atoms with van der Waals surface area (Å²) in [5.41, 5.74) is 0. The summed E-state index contributed by atoms with van der Waals surface area (Å²) in [7, 11) is 2.23. The number of likely N-dealkylation sites (N-methyl/N-ethyl adjacent to an activating group) is 1. The maximum atomic E-state index is 5.91. The first-order valence-electron chi connectivity index (χ1n) is 6.85. The Bertz CT molecular complexity index is 188. The van der Waals surface area contributed by atoms with Gasteiger partial charge in [0.2, 0.25) is 0 Å². The van der Waals surface area contributed by atoms with Crippen molar-refractivity contribution < 1.29 is 4.74 Å². The molecule has 3 heteroatoms. The van der Waals surface area contributed by atoms with Gasteiger partial charge in [-0.1, -0.05) is 6.42 Å². The van der Waals surface area contributed by atoms with Crippen molar-refractivity contribution in [1.82, 2.24) is 10.2 Å². The average molecular weight is 226 g/mol. The fourth-order valence-corrected chi connectivity index (χ4v) is 2.54. The van der Waals surface area contributed by atoms with E-state index in [4.69, 9.17) is 4.74 Å². The lowest BCUT2D eigenvalue weighted by molar-refractivity contribution is 0.0201. The molecule has 0 spiro atoms. The van der Waals surface area contributed by atoms with E-state index in [9.17, 15) is 0 Å². The third-order valence-electron chi connectivity index (χ3n) is 3.91. The van der Waals surface area contributed by atoms with Crippen LogP contribution < -0.4 is 5.32 Å². The van der Waals surface area contributed by atoms with E-state index in [1.807, 2.05) is 0 Å². The lowest BCUT2D eigenvalue weighted by Crippen LogP contribution is -2.35. The zero-order chi connectivity index (χ0) is 11.2. The normalized spacial score (nSPS) is 23.6. The van der Waals surface area contributed by atoms with Crippen LogP contribution in [-0.4, -0.2) is 50.8 Å². The molecular weight excluding hydrogens is 200 g/mol. The van der Waals surface area contributed by atoms with Crippen molar-refractivity contribution in [3.05, 3.63) is 0 Å².